The molecule has 3 N–H and O–H groups in total. The van der Waals surface area contributed by atoms with Gasteiger partial charge in [0, 0.05) is 4.47 Å². The van der Waals surface area contributed by atoms with E-state index in [-0.39, 0.29) is 16.6 Å². The first-order valence-corrected chi connectivity index (χ1v) is 6.71. The quantitative estimate of drug-likeness (QED) is 0.814. The molecule has 0 spiro atoms. The summed E-state index contributed by atoms with van der Waals surface area (Å²) in [6, 6.07) is 4.33. The summed E-state index contributed by atoms with van der Waals surface area (Å²) in [5.41, 5.74) is 5.63. The van der Waals surface area contributed by atoms with Crippen LogP contribution in [0.1, 0.15) is 19.8 Å². The van der Waals surface area contributed by atoms with E-state index in [9.17, 15) is 9.18 Å². The van der Waals surface area contributed by atoms with Crippen LogP contribution in [0.4, 0.5) is 10.1 Å². The van der Waals surface area contributed by atoms with Crippen molar-refractivity contribution in [2.75, 3.05) is 5.32 Å². The van der Waals surface area contributed by atoms with Crippen LogP contribution in [-0.4, -0.2) is 10.9 Å². The molecule has 6 heteroatoms. The lowest BCUT2D eigenvalue weighted by Gasteiger charge is -2.15. The molecule has 0 aliphatic rings. The van der Waals surface area contributed by atoms with Gasteiger partial charge < -0.3 is 11.1 Å². The molecule has 0 saturated heterocycles. The van der Waals surface area contributed by atoms with Crippen LogP contribution < -0.4 is 11.1 Å². The van der Waals surface area contributed by atoms with E-state index in [2.05, 4.69) is 21.2 Å². The van der Waals surface area contributed by atoms with Crippen LogP contribution in [0.2, 0.25) is 0 Å². The number of hydrogen-bond acceptors (Lipinski definition) is 2. The Kier molecular flexibility index (Phi) is 5.68. The molecule has 1 amide bonds. The molecule has 1 aromatic rings. The van der Waals surface area contributed by atoms with Gasteiger partial charge in [0.25, 0.3) is 0 Å². The Bertz CT molecular complexity index is 467. The molecule has 0 aliphatic carbocycles. The van der Waals surface area contributed by atoms with E-state index >= 15 is 0 Å². The number of rotatable bonds is 5. The minimum absolute atomic E-state index is 0.117. The van der Waals surface area contributed by atoms with Crippen LogP contribution in [0.15, 0.2) is 22.7 Å². The van der Waals surface area contributed by atoms with Gasteiger partial charge in [-0.2, -0.15) is 0 Å². The number of carbonyl (C=O) groups is 1. The third kappa shape index (κ3) is 4.03. The van der Waals surface area contributed by atoms with E-state index in [0.29, 0.717) is 10.9 Å². The summed E-state index contributed by atoms with van der Waals surface area (Å²) in [5.74, 6) is -1.44. The molecule has 1 unspecified atom stereocenters. The number of anilines is 1. The fraction of sp³-hybridized carbons (Fsp3) is 0.333. The lowest BCUT2D eigenvalue weighted by atomic mass is 10.0. The Hall–Kier alpha value is -1.01. The number of nitrogens with two attached hydrogens (primary N) is 1. The second-order valence-electron chi connectivity index (χ2n) is 3.86. The van der Waals surface area contributed by atoms with Crippen molar-refractivity contribution in [3.8, 4) is 0 Å². The summed E-state index contributed by atoms with van der Waals surface area (Å²) in [4.78, 5) is 12.1. The number of benzene rings is 1. The second kappa shape index (κ2) is 6.80. The highest BCUT2D eigenvalue weighted by Gasteiger charge is 2.21. The SMILES string of the molecule is CCCC(C(=O)Nc1cc(Br)ccc1F)C(N)=S. The van der Waals surface area contributed by atoms with Crippen molar-refractivity contribution >= 4 is 44.7 Å². The first kappa shape index (κ1) is 15.0. The molecular formula is C12H14BrFN2OS. The topological polar surface area (TPSA) is 55.1 Å². The van der Waals surface area contributed by atoms with E-state index in [1.165, 1.54) is 12.1 Å². The average molecular weight is 333 g/mol. The van der Waals surface area contributed by atoms with Gasteiger partial charge in [-0.05, 0) is 24.6 Å². The third-order valence-corrected chi connectivity index (χ3v) is 3.20. The van der Waals surface area contributed by atoms with Crippen LogP contribution in [-0.2, 0) is 4.79 Å². The van der Waals surface area contributed by atoms with E-state index in [4.69, 9.17) is 18.0 Å². The maximum Gasteiger partial charge on any atom is 0.234 e. The standard InChI is InChI=1S/C12H14BrFN2OS/c1-2-3-8(11(15)18)12(17)16-10-6-7(13)4-5-9(10)14/h4-6,8H,2-3H2,1H3,(H2,15,18)(H,16,17). The van der Waals surface area contributed by atoms with Crippen LogP contribution in [0.3, 0.4) is 0 Å². The Labute approximate surface area is 119 Å². The number of nitrogens with one attached hydrogen (secondary N) is 1. The number of amides is 1. The lowest BCUT2D eigenvalue weighted by molar-refractivity contribution is -0.118. The molecule has 1 aromatic carbocycles. The molecule has 0 fully saturated rings. The Morgan fingerprint density at radius 2 is 2.28 bits per heavy atom. The van der Waals surface area contributed by atoms with Crippen molar-refractivity contribution in [2.45, 2.75) is 19.8 Å². The van der Waals surface area contributed by atoms with Gasteiger partial charge in [-0.1, -0.05) is 41.5 Å². The van der Waals surface area contributed by atoms with Gasteiger partial charge in [0.2, 0.25) is 5.91 Å². The maximum absolute atomic E-state index is 13.5. The van der Waals surface area contributed by atoms with Gasteiger partial charge in [-0.3, -0.25) is 4.79 Å². The number of thiocarbonyl (C=S) groups is 1. The van der Waals surface area contributed by atoms with E-state index in [1.807, 2.05) is 6.92 Å². The number of carbonyl (C=O) groups excluding carboxylic acids is 1. The minimum atomic E-state index is -0.566. The highest BCUT2D eigenvalue weighted by molar-refractivity contribution is 9.10. The maximum atomic E-state index is 13.5. The number of hydrogen-bond donors (Lipinski definition) is 2. The summed E-state index contributed by atoms with van der Waals surface area (Å²) in [5, 5.41) is 2.51. The van der Waals surface area contributed by atoms with Crippen molar-refractivity contribution in [1.82, 2.24) is 0 Å². The predicted molar refractivity (Wildman–Crippen MR) is 77.9 cm³/mol. The Balaban J connectivity index is 2.85. The summed E-state index contributed by atoms with van der Waals surface area (Å²) in [6.07, 6.45) is 1.33. The predicted octanol–water partition coefficient (Wildman–Crippen LogP) is 3.23. The molecule has 0 saturated carbocycles. The van der Waals surface area contributed by atoms with Crippen molar-refractivity contribution < 1.29 is 9.18 Å². The van der Waals surface area contributed by atoms with Crippen LogP contribution in [0, 0.1) is 11.7 Å². The third-order valence-electron chi connectivity index (χ3n) is 2.42. The molecule has 1 rings (SSSR count). The van der Waals surface area contributed by atoms with Crippen molar-refractivity contribution in [1.29, 1.82) is 0 Å². The van der Waals surface area contributed by atoms with Gasteiger partial charge in [-0.15, -0.1) is 0 Å². The van der Waals surface area contributed by atoms with E-state index in [1.54, 1.807) is 6.07 Å². The van der Waals surface area contributed by atoms with Gasteiger partial charge in [-0.25, -0.2) is 4.39 Å². The highest BCUT2D eigenvalue weighted by atomic mass is 79.9. The van der Waals surface area contributed by atoms with Crippen LogP contribution in [0.25, 0.3) is 0 Å². The summed E-state index contributed by atoms with van der Waals surface area (Å²) in [7, 11) is 0. The second-order valence-corrected chi connectivity index (χ2v) is 5.24. The molecule has 0 aromatic heterocycles. The van der Waals surface area contributed by atoms with Gasteiger partial charge in [0.15, 0.2) is 0 Å². The first-order chi connectivity index (χ1) is 8.45. The smallest absolute Gasteiger partial charge is 0.234 e. The lowest BCUT2D eigenvalue weighted by Crippen LogP contribution is -2.33. The van der Waals surface area contributed by atoms with E-state index in [0.717, 1.165) is 6.42 Å². The van der Waals surface area contributed by atoms with Gasteiger partial charge in [0.05, 0.1) is 16.6 Å². The molecule has 0 aliphatic heterocycles. The first-order valence-electron chi connectivity index (χ1n) is 5.51. The molecule has 3 nitrogen and oxygen atoms in total. The van der Waals surface area contributed by atoms with Crippen molar-refractivity contribution in [2.24, 2.45) is 11.7 Å². The molecule has 98 valence electrons. The van der Waals surface area contributed by atoms with Crippen molar-refractivity contribution in [3.63, 3.8) is 0 Å². The molecule has 18 heavy (non-hydrogen) atoms. The zero-order valence-electron chi connectivity index (χ0n) is 9.87. The largest absolute Gasteiger partial charge is 0.393 e. The highest BCUT2D eigenvalue weighted by Crippen LogP contribution is 2.21. The van der Waals surface area contributed by atoms with Crippen molar-refractivity contribution in [3.05, 3.63) is 28.5 Å². The molecule has 1 atom stereocenters. The average Bonchev–Trinajstić information content (AvgIpc) is 2.30. The molecule has 0 heterocycles. The summed E-state index contributed by atoms with van der Waals surface area (Å²) in [6.45, 7) is 1.93. The Morgan fingerprint density at radius 3 is 2.83 bits per heavy atom. The minimum Gasteiger partial charge on any atom is -0.393 e. The molecule has 0 bridgehead atoms. The monoisotopic (exact) mass is 332 g/mol. The van der Waals surface area contributed by atoms with E-state index < -0.39 is 11.7 Å². The molecular weight excluding hydrogens is 319 g/mol. The molecule has 0 radical (unpaired) electrons. The van der Waals surface area contributed by atoms with Crippen LogP contribution >= 0.6 is 28.1 Å². The summed E-state index contributed by atoms with van der Waals surface area (Å²) < 4.78 is 14.2. The van der Waals surface area contributed by atoms with Gasteiger partial charge >= 0.3 is 0 Å². The normalized spacial score (nSPS) is 11.9. The fourth-order valence-electron chi connectivity index (χ4n) is 1.50. The fourth-order valence-corrected chi connectivity index (χ4v) is 2.09. The van der Waals surface area contributed by atoms with Crippen LogP contribution in [0.5, 0.6) is 0 Å². The summed E-state index contributed by atoms with van der Waals surface area (Å²) >= 11 is 8.06. The zero-order chi connectivity index (χ0) is 13.7. The van der Waals surface area contributed by atoms with Gasteiger partial charge in [0.1, 0.15) is 5.82 Å². The zero-order valence-corrected chi connectivity index (χ0v) is 12.3. The number of halogens is 2. The Morgan fingerprint density at radius 1 is 1.61 bits per heavy atom.